The van der Waals surface area contributed by atoms with Gasteiger partial charge in [0.15, 0.2) is 0 Å². The molecule has 0 saturated heterocycles. The van der Waals surface area contributed by atoms with Crippen molar-refractivity contribution in [3.8, 4) is 5.75 Å². The fraction of sp³-hybridized carbons (Fsp3) is 0.333. The maximum atomic E-state index is 8.70. The molecule has 5 nitrogen and oxygen atoms in total. The van der Waals surface area contributed by atoms with E-state index in [9.17, 15) is 0 Å². The van der Waals surface area contributed by atoms with Crippen LogP contribution in [0.2, 0.25) is 0 Å². The molecule has 0 bridgehead atoms. The molecule has 106 valence electrons. The molecule has 0 amide bonds. The van der Waals surface area contributed by atoms with E-state index in [0.29, 0.717) is 18.4 Å². The third kappa shape index (κ3) is 3.38. The Labute approximate surface area is 118 Å². The molecule has 0 aliphatic heterocycles. The van der Waals surface area contributed by atoms with Gasteiger partial charge in [-0.05, 0) is 56.7 Å². The topological polar surface area (TPSA) is 59.6 Å². The van der Waals surface area contributed by atoms with Crippen molar-refractivity contribution in [2.75, 3.05) is 0 Å². The molecule has 5 heteroatoms. The average molecular weight is 273 g/mol. The van der Waals surface area contributed by atoms with Crippen LogP contribution in [0.25, 0.3) is 0 Å². The smallest absolute Gasteiger partial charge is 0.132 e. The number of oxime groups is 1. The number of benzene rings is 1. The highest BCUT2D eigenvalue weighted by Crippen LogP contribution is 2.14. The summed E-state index contributed by atoms with van der Waals surface area (Å²) in [6.07, 6.45) is 1.95. The number of aromatic nitrogens is 2. The van der Waals surface area contributed by atoms with Gasteiger partial charge in [0.2, 0.25) is 0 Å². The summed E-state index contributed by atoms with van der Waals surface area (Å²) in [4.78, 5) is 0. The average Bonchev–Trinajstić information content (AvgIpc) is 2.94. The first-order valence-corrected chi connectivity index (χ1v) is 6.56. The Bertz CT molecular complexity index is 585. The van der Waals surface area contributed by atoms with Crippen molar-refractivity contribution in [2.24, 2.45) is 5.16 Å². The second-order valence-electron chi connectivity index (χ2n) is 4.88. The second kappa shape index (κ2) is 6.23. The van der Waals surface area contributed by atoms with Gasteiger partial charge in [0.05, 0.1) is 11.4 Å². The minimum Gasteiger partial charge on any atom is -0.487 e. The molecule has 2 aromatic rings. The molecule has 1 N–H and O–H groups in total. The molecule has 0 fully saturated rings. The highest BCUT2D eigenvalue weighted by Gasteiger charge is 2.03. The van der Waals surface area contributed by atoms with Crippen LogP contribution >= 0.6 is 0 Å². The SMILES string of the molecule is CC(=NO)c1ccc(OCc2ccn(C(C)C)n2)cc1. The van der Waals surface area contributed by atoms with Gasteiger partial charge in [-0.2, -0.15) is 5.10 Å². The van der Waals surface area contributed by atoms with Crippen molar-refractivity contribution in [3.63, 3.8) is 0 Å². The van der Waals surface area contributed by atoms with E-state index in [1.54, 1.807) is 6.92 Å². The van der Waals surface area contributed by atoms with Gasteiger partial charge in [0, 0.05) is 12.2 Å². The molecule has 1 aromatic heterocycles. The summed E-state index contributed by atoms with van der Waals surface area (Å²) < 4.78 is 7.58. The summed E-state index contributed by atoms with van der Waals surface area (Å²) in [7, 11) is 0. The van der Waals surface area contributed by atoms with Gasteiger partial charge in [-0.25, -0.2) is 0 Å². The molecule has 20 heavy (non-hydrogen) atoms. The van der Waals surface area contributed by atoms with Crippen LogP contribution in [0, 0.1) is 0 Å². The van der Waals surface area contributed by atoms with Crippen LogP contribution < -0.4 is 4.74 Å². The first kappa shape index (κ1) is 14.1. The van der Waals surface area contributed by atoms with E-state index < -0.39 is 0 Å². The molecule has 1 aromatic carbocycles. The zero-order chi connectivity index (χ0) is 14.5. The summed E-state index contributed by atoms with van der Waals surface area (Å²) in [6.45, 7) is 6.35. The molecule has 2 rings (SSSR count). The Morgan fingerprint density at radius 1 is 1.30 bits per heavy atom. The van der Waals surface area contributed by atoms with Crippen molar-refractivity contribution >= 4 is 5.71 Å². The quantitative estimate of drug-likeness (QED) is 0.517. The van der Waals surface area contributed by atoms with E-state index in [1.807, 2.05) is 41.2 Å². The first-order chi connectivity index (χ1) is 9.60. The van der Waals surface area contributed by atoms with Crippen LogP contribution in [-0.4, -0.2) is 20.7 Å². The summed E-state index contributed by atoms with van der Waals surface area (Å²) in [5.74, 6) is 0.763. The first-order valence-electron chi connectivity index (χ1n) is 6.56. The summed E-state index contributed by atoms with van der Waals surface area (Å²) in [5.41, 5.74) is 2.34. The van der Waals surface area contributed by atoms with E-state index in [-0.39, 0.29) is 0 Å². The van der Waals surface area contributed by atoms with Gasteiger partial charge in [0.25, 0.3) is 0 Å². The zero-order valence-electron chi connectivity index (χ0n) is 11.9. The molecule has 0 aliphatic rings. The van der Waals surface area contributed by atoms with Crippen LogP contribution in [0.15, 0.2) is 41.7 Å². The van der Waals surface area contributed by atoms with Crippen LogP contribution in [0.1, 0.15) is 38.1 Å². The van der Waals surface area contributed by atoms with Crippen LogP contribution in [0.5, 0.6) is 5.75 Å². The lowest BCUT2D eigenvalue weighted by atomic mass is 10.1. The third-order valence-electron chi connectivity index (χ3n) is 3.00. The molecule has 0 unspecified atom stereocenters. The minimum absolute atomic E-state index is 0.351. The van der Waals surface area contributed by atoms with Gasteiger partial charge in [-0.3, -0.25) is 4.68 Å². The maximum absolute atomic E-state index is 8.70. The molecule has 1 heterocycles. The number of hydrogen-bond donors (Lipinski definition) is 1. The van der Waals surface area contributed by atoms with E-state index in [4.69, 9.17) is 9.94 Å². The molecular formula is C15H19N3O2. The fourth-order valence-corrected chi connectivity index (χ4v) is 1.75. The van der Waals surface area contributed by atoms with Gasteiger partial charge in [-0.15, -0.1) is 0 Å². The predicted octanol–water partition coefficient (Wildman–Crippen LogP) is 3.24. The lowest BCUT2D eigenvalue weighted by Crippen LogP contribution is -2.03. The highest BCUT2D eigenvalue weighted by molar-refractivity contribution is 5.98. The lowest BCUT2D eigenvalue weighted by molar-refractivity contribution is 0.298. The molecule has 0 atom stereocenters. The zero-order valence-corrected chi connectivity index (χ0v) is 11.9. The van der Waals surface area contributed by atoms with Gasteiger partial charge < -0.3 is 9.94 Å². The number of hydrogen-bond acceptors (Lipinski definition) is 4. The highest BCUT2D eigenvalue weighted by atomic mass is 16.5. The van der Waals surface area contributed by atoms with E-state index >= 15 is 0 Å². The van der Waals surface area contributed by atoms with Crippen LogP contribution in [0.3, 0.4) is 0 Å². The number of rotatable bonds is 5. The molecule has 0 radical (unpaired) electrons. The predicted molar refractivity (Wildman–Crippen MR) is 77.4 cm³/mol. The van der Waals surface area contributed by atoms with Gasteiger partial charge >= 0.3 is 0 Å². The Morgan fingerprint density at radius 3 is 2.55 bits per heavy atom. The summed E-state index contributed by atoms with van der Waals surface area (Å²) in [6, 6.07) is 9.72. The van der Waals surface area contributed by atoms with E-state index in [0.717, 1.165) is 17.0 Å². The number of nitrogens with zero attached hydrogens (tertiary/aromatic N) is 3. The van der Waals surface area contributed by atoms with Gasteiger partial charge in [-0.1, -0.05) is 5.16 Å². The second-order valence-corrected chi connectivity index (χ2v) is 4.88. The Balaban J connectivity index is 1.96. The molecule has 0 aliphatic carbocycles. The van der Waals surface area contributed by atoms with Crippen LogP contribution in [-0.2, 0) is 6.61 Å². The van der Waals surface area contributed by atoms with Crippen molar-refractivity contribution in [2.45, 2.75) is 33.4 Å². The third-order valence-corrected chi connectivity index (χ3v) is 3.00. The molecule has 0 spiro atoms. The monoisotopic (exact) mass is 273 g/mol. The van der Waals surface area contributed by atoms with E-state index in [2.05, 4.69) is 24.1 Å². The Morgan fingerprint density at radius 2 is 2.00 bits per heavy atom. The standard InChI is InChI=1S/C15H19N3O2/c1-11(2)18-9-8-14(16-18)10-20-15-6-4-13(5-7-15)12(3)17-19/h4-9,11,19H,10H2,1-3H3. The van der Waals surface area contributed by atoms with Crippen molar-refractivity contribution in [1.82, 2.24) is 9.78 Å². The number of ether oxygens (including phenoxy) is 1. The van der Waals surface area contributed by atoms with Crippen molar-refractivity contribution in [1.29, 1.82) is 0 Å². The fourth-order valence-electron chi connectivity index (χ4n) is 1.75. The van der Waals surface area contributed by atoms with Crippen molar-refractivity contribution in [3.05, 3.63) is 47.8 Å². The summed E-state index contributed by atoms with van der Waals surface area (Å²) >= 11 is 0. The maximum Gasteiger partial charge on any atom is 0.132 e. The normalized spacial score (nSPS) is 11.9. The van der Waals surface area contributed by atoms with Crippen LogP contribution in [0.4, 0.5) is 0 Å². The van der Waals surface area contributed by atoms with Gasteiger partial charge in [0.1, 0.15) is 12.4 Å². The molecule has 0 saturated carbocycles. The lowest BCUT2D eigenvalue weighted by Gasteiger charge is -2.06. The van der Waals surface area contributed by atoms with Crippen molar-refractivity contribution < 1.29 is 9.94 Å². The molecular weight excluding hydrogens is 254 g/mol. The Hall–Kier alpha value is -2.30. The largest absolute Gasteiger partial charge is 0.487 e. The Kier molecular flexibility index (Phi) is 4.40. The minimum atomic E-state index is 0.351. The summed E-state index contributed by atoms with van der Waals surface area (Å²) in [5, 5.41) is 16.3. The van der Waals surface area contributed by atoms with E-state index in [1.165, 1.54) is 0 Å².